The minimum Gasteiger partial charge on any atom is -0.0654 e. The molecule has 0 radical (unpaired) electrons. The van der Waals surface area contributed by atoms with Gasteiger partial charge in [0.15, 0.2) is 0 Å². The Hall–Kier alpha value is -0.350. The van der Waals surface area contributed by atoms with E-state index in [0.29, 0.717) is 0 Å². The average Bonchev–Trinajstić information content (AvgIpc) is 3.29. The monoisotopic (exact) mass is 882 g/mol. The number of rotatable bonds is 53. The molecule has 0 amide bonds. The van der Waals surface area contributed by atoms with Gasteiger partial charge in [0, 0.05) is 7.26 Å². The molecular weight excluding hydrogens is 764 g/mol. The van der Waals surface area contributed by atoms with Gasteiger partial charge in [-0.25, -0.2) is 0 Å². The normalized spacial score (nSPS) is 11.9. The van der Waals surface area contributed by atoms with Crippen molar-refractivity contribution in [2.75, 3.05) is 18.5 Å². The van der Waals surface area contributed by atoms with Crippen LogP contribution in [0.2, 0.25) is 0 Å². The smallest absolute Gasteiger partial charge is 0.0654 e. The quantitative estimate of drug-likeness (QED) is 0.0452. The van der Waals surface area contributed by atoms with E-state index in [2.05, 4.69) is 51.1 Å². The van der Waals surface area contributed by atoms with E-state index < -0.39 is 7.26 Å². The van der Waals surface area contributed by atoms with Crippen molar-refractivity contribution in [3.05, 3.63) is 35.9 Å². The minimum absolute atomic E-state index is 0.983. The largest absolute Gasteiger partial charge is 0.0842 e. The summed E-state index contributed by atoms with van der Waals surface area (Å²) in [5.41, 5.74) is 1.66. The number of hydrogen-bond acceptors (Lipinski definition) is 0. The van der Waals surface area contributed by atoms with E-state index in [-0.39, 0.29) is 0 Å². The molecule has 0 atom stereocenters. The molecule has 0 saturated heterocycles. The summed E-state index contributed by atoms with van der Waals surface area (Å²) in [4.78, 5) is 0. The summed E-state index contributed by atoms with van der Waals surface area (Å²) in [6, 6.07) is 11.8. The van der Waals surface area contributed by atoms with E-state index in [1.54, 1.807) is 24.0 Å². The van der Waals surface area contributed by atoms with Crippen LogP contribution in [0.4, 0.5) is 0 Å². The molecule has 62 heavy (non-hydrogen) atoms. The molecule has 0 aromatic heterocycles. The summed E-state index contributed by atoms with van der Waals surface area (Å²) in [6.07, 6.45) is 77.0. The first kappa shape index (κ1) is 59.7. The standard InChI is InChI=1S/C61H118P/c1-4-7-10-13-16-19-22-25-28-31-34-37-40-43-46-52-57-62(60-61-55-50-49-51-56-61,58-53-47-44-41-38-35-32-29-26-23-20-17-14-11-8-5-2)59-54-48-45-42-39-36-33-30-27-24-21-18-15-12-9-6-3/h49-51,55-56H,4-48,52-54,57-60H2,1-3H3/q+1. The molecule has 1 aromatic carbocycles. The minimum atomic E-state index is -0.983. The summed E-state index contributed by atoms with van der Waals surface area (Å²) in [7, 11) is -0.983. The third kappa shape index (κ3) is 42.3. The van der Waals surface area contributed by atoms with Crippen LogP contribution in [0, 0.1) is 0 Å². The highest BCUT2D eigenvalue weighted by Crippen LogP contribution is 2.63. The molecule has 1 aromatic rings. The molecule has 366 valence electrons. The maximum atomic E-state index is 2.48. The molecule has 0 heterocycles. The predicted molar refractivity (Wildman–Crippen MR) is 290 cm³/mol. The molecule has 0 unspecified atom stereocenters. The first-order valence-electron chi connectivity index (χ1n) is 29.7. The predicted octanol–water partition coefficient (Wildman–Crippen LogP) is 23.0. The maximum Gasteiger partial charge on any atom is 0.0842 e. The number of benzene rings is 1. The highest BCUT2D eigenvalue weighted by Gasteiger charge is 2.36. The van der Waals surface area contributed by atoms with Crippen LogP contribution in [-0.2, 0) is 6.16 Å². The van der Waals surface area contributed by atoms with E-state index in [1.807, 2.05) is 0 Å². The highest BCUT2D eigenvalue weighted by atomic mass is 31.2. The van der Waals surface area contributed by atoms with Gasteiger partial charge in [0.25, 0.3) is 0 Å². The molecular formula is C61H118P+. The Balaban J connectivity index is 2.45. The summed E-state index contributed by atoms with van der Waals surface area (Å²) < 4.78 is 0. The summed E-state index contributed by atoms with van der Waals surface area (Å²) in [6.45, 7) is 6.97. The van der Waals surface area contributed by atoms with Gasteiger partial charge in [-0.1, -0.05) is 321 Å². The number of unbranched alkanes of at least 4 members (excludes halogenated alkanes) is 45. The first-order valence-corrected chi connectivity index (χ1v) is 32.2. The van der Waals surface area contributed by atoms with Crippen molar-refractivity contribution < 1.29 is 0 Å². The molecule has 1 heteroatoms. The molecule has 0 bridgehead atoms. The lowest BCUT2D eigenvalue weighted by atomic mass is 10.0. The Bertz CT molecular complexity index is 850. The topological polar surface area (TPSA) is 0 Å². The molecule has 0 aliphatic carbocycles. The lowest BCUT2D eigenvalue weighted by Gasteiger charge is -2.28. The second-order valence-corrected chi connectivity index (χ2v) is 25.4. The molecule has 0 fully saturated rings. The van der Waals surface area contributed by atoms with Gasteiger partial charge in [-0.3, -0.25) is 0 Å². The molecule has 0 N–H and O–H groups in total. The van der Waals surface area contributed by atoms with E-state index in [9.17, 15) is 0 Å². The van der Waals surface area contributed by atoms with Crippen molar-refractivity contribution in [2.24, 2.45) is 0 Å². The van der Waals surface area contributed by atoms with E-state index in [1.165, 1.54) is 314 Å². The van der Waals surface area contributed by atoms with Crippen molar-refractivity contribution in [1.29, 1.82) is 0 Å². The van der Waals surface area contributed by atoms with E-state index in [0.717, 1.165) is 0 Å². The average molecular weight is 883 g/mol. The first-order chi connectivity index (χ1) is 30.8. The van der Waals surface area contributed by atoms with Crippen LogP contribution >= 0.6 is 7.26 Å². The second kappa shape index (κ2) is 50.1. The lowest BCUT2D eigenvalue weighted by molar-refractivity contribution is 0.530. The van der Waals surface area contributed by atoms with Crippen LogP contribution in [0.15, 0.2) is 30.3 Å². The fraction of sp³-hybridized carbons (Fsp3) is 0.902. The zero-order chi connectivity index (χ0) is 44.4. The highest BCUT2D eigenvalue weighted by molar-refractivity contribution is 7.75. The zero-order valence-electron chi connectivity index (χ0n) is 43.6. The van der Waals surface area contributed by atoms with Crippen LogP contribution < -0.4 is 0 Å². The zero-order valence-corrected chi connectivity index (χ0v) is 44.5. The SMILES string of the molecule is CCCCCCCCCCCCCCCCCC[P+](CCCCCCCCCCCCCCCCCC)(CCCCCCCCCCCCCCCCCC)Cc1ccccc1. The van der Waals surface area contributed by atoms with Gasteiger partial charge in [0.05, 0.1) is 24.6 Å². The van der Waals surface area contributed by atoms with Crippen molar-refractivity contribution in [2.45, 2.75) is 335 Å². The van der Waals surface area contributed by atoms with Crippen LogP contribution in [-0.4, -0.2) is 18.5 Å². The van der Waals surface area contributed by atoms with Gasteiger partial charge in [0.2, 0.25) is 0 Å². The van der Waals surface area contributed by atoms with Crippen LogP contribution in [0.25, 0.3) is 0 Å². The fourth-order valence-electron chi connectivity index (χ4n) is 10.5. The van der Waals surface area contributed by atoms with Crippen molar-refractivity contribution >= 4 is 7.26 Å². The summed E-state index contributed by atoms with van der Waals surface area (Å²) in [5.74, 6) is 0. The van der Waals surface area contributed by atoms with Crippen LogP contribution in [0.3, 0.4) is 0 Å². The summed E-state index contributed by atoms with van der Waals surface area (Å²) in [5, 5.41) is 0. The van der Waals surface area contributed by atoms with E-state index >= 15 is 0 Å². The van der Waals surface area contributed by atoms with Gasteiger partial charge < -0.3 is 0 Å². The van der Waals surface area contributed by atoms with Crippen LogP contribution in [0.5, 0.6) is 0 Å². The van der Waals surface area contributed by atoms with E-state index in [4.69, 9.17) is 0 Å². The lowest BCUT2D eigenvalue weighted by Crippen LogP contribution is -2.12. The van der Waals surface area contributed by atoms with Gasteiger partial charge in [-0.05, 0) is 44.1 Å². The van der Waals surface area contributed by atoms with Crippen molar-refractivity contribution in [3.8, 4) is 0 Å². The van der Waals surface area contributed by atoms with Crippen molar-refractivity contribution in [1.82, 2.24) is 0 Å². The number of hydrogen-bond donors (Lipinski definition) is 0. The van der Waals surface area contributed by atoms with Gasteiger partial charge in [-0.2, -0.15) is 0 Å². The third-order valence-electron chi connectivity index (χ3n) is 14.8. The van der Waals surface area contributed by atoms with Gasteiger partial charge >= 0.3 is 0 Å². The van der Waals surface area contributed by atoms with Gasteiger partial charge in [0.1, 0.15) is 0 Å². The second-order valence-electron chi connectivity index (χ2n) is 21.1. The molecule has 0 saturated carbocycles. The third-order valence-corrected chi connectivity index (χ3v) is 19.6. The Morgan fingerprint density at radius 3 is 0.597 bits per heavy atom. The Kier molecular flexibility index (Phi) is 48.2. The Morgan fingerprint density at radius 2 is 0.403 bits per heavy atom. The Labute approximate surface area is 395 Å². The van der Waals surface area contributed by atoms with Crippen molar-refractivity contribution in [3.63, 3.8) is 0 Å². The molecule has 0 spiro atoms. The maximum absolute atomic E-state index is 2.48. The molecule has 0 aliphatic rings. The molecule has 0 aliphatic heterocycles. The van der Waals surface area contributed by atoms with Crippen LogP contribution in [0.1, 0.15) is 335 Å². The molecule has 1 rings (SSSR count). The molecule has 0 nitrogen and oxygen atoms in total. The Morgan fingerprint density at radius 1 is 0.226 bits per heavy atom. The fourth-order valence-corrected chi connectivity index (χ4v) is 15.3. The summed E-state index contributed by atoms with van der Waals surface area (Å²) >= 11 is 0. The van der Waals surface area contributed by atoms with Gasteiger partial charge in [-0.15, -0.1) is 0 Å².